The van der Waals surface area contributed by atoms with Gasteiger partial charge in [-0.15, -0.1) is 0 Å². The van der Waals surface area contributed by atoms with E-state index in [9.17, 15) is 0 Å². The smallest absolute Gasteiger partial charge is 0.0634 e. The molecule has 0 bridgehead atoms. The summed E-state index contributed by atoms with van der Waals surface area (Å²) in [5.41, 5.74) is 1.14. The van der Waals surface area contributed by atoms with Crippen molar-refractivity contribution in [3.63, 3.8) is 0 Å². The van der Waals surface area contributed by atoms with E-state index in [1.54, 1.807) is 12.4 Å². The van der Waals surface area contributed by atoms with Gasteiger partial charge >= 0.3 is 0 Å². The molecular formula is C14H21ClN2. The molecule has 0 aliphatic heterocycles. The number of pyridine rings is 1. The molecule has 1 aromatic rings. The Bertz CT molecular complexity index is 348. The highest BCUT2D eigenvalue weighted by Crippen LogP contribution is 2.26. The zero-order valence-electron chi connectivity index (χ0n) is 10.5. The highest BCUT2D eigenvalue weighted by Gasteiger charge is 2.19. The number of hydrogen-bond donors (Lipinski definition) is 1. The fourth-order valence-electron chi connectivity index (χ4n) is 2.62. The lowest BCUT2D eigenvalue weighted by atomic mass is 9.84. The summed E-state index contributed by atoms with van der Waals surface area (Å²) in [6, 6.07) is 2.57. The Hall–Kier alpha value is -0.600. The Kier molecular flexibility index (Phi) is 4.81. The van der Waals surface area contributed by atoms with E-state index >= 15 is 0 Å². The fourth-order valence-corrected chi connectivity index (χ4v) is 2.81. The second-order valence-corrected chi connectivity index (χ2v) is 5.44. The number of hydrogen-bond acceptors (Lipinski definition) is 2. The normalized spacial score (nSPS) is 19.2. The molecule has 0 amide bonds. The predicted molar refractivity (Wildman–Crippen MR) is 72.1 cm³/mol. The minimum Gasteiger partial charge on any atom is -0.310 e. The van der Waals surface area contributed by atoms with E-state index in [2.05, 4.69) is 17.2 Å². The van der Waals surface area contributed by atoms with Gasteiger partial charge < -0.3 is 5.32 Å². The Labute approximate surface area is 109 Å². The zero-order chi connectivity index (χ0) is 12.1. The van der Waals surface area contributed by atoms with E-state index in [4.69, 9.17) is 11.6 Å². The molecule has 1 aliphatic carbocycles. The summed E-state index contributed by atoms with van der Waals surface area (Å²) in [4.78, 5) is 4.00. The minimum absolute atomic E-state index is 0.583. The summed E-state index contributed by atoms with van der Waals surface area (Å²) in [6.07, 6.45) is 10.5. The lowest BCUT2D eigenvalue weighted by molar-refractivity contribution is 0.280. The van der Waals surface area contributed by atoms with Crippen molar-refractivity contribution >= 4 is 11.6 Å². The molecule has 1 aromatic heterocycles. The van der Waals surface area contributed by atoms with Crippen LogP contribution < -0.4 is 5.32 Å². The van der Waals surface area contributed by atoms with Gasteiger partial charge in [0.25, 0.3) is 0 Å². The second-order valence-electron chi connectivity index (χ2n) is 5.03. The molecule has 1 N–H and O–H groups in total. The van der Waals surface area contributed by atoms with Crippen LogP contribution in [0, 0.1) is 5.92 Å². The SMILES string of the molecule is C[C@H](NCc1ccncc1Cl)C1CCCCC1. The summed E-state index contributed by atoms with van der Waals surface area (Å²) in [5.74, 6) is 0.837. The molecular weight excluding hydrogens is 232 g/mol. The van der Waals surface area contributed by atoms with E-state index < -0.39 is 0 Å². The van der Waals surface area contributed by atoms with Gasteiger partial charge in [0.05, 0.1) is 5.02 Å². The van der Waals surface area contributed by atoms with Crippen LogP contribution in [0.1, 0.15) is 44.6 Å². The minimum atomic E-state index is 0.583. The number of nitrogens with one attached hydrogen (secondary N) is 1. The molecule has 2 rings (SSSR count). The van der Waals surface area contributed by atoms with Crippen LogP contribution >= 0.6 is 11.6 Å². The van der Waals surface area contributed by atoms with E-state index in [1.165, 1.54) is 32.1 Å². The number of aromatic nitrogens is 1. The summed E-state index contributed by atoms with van der Waals surface area (Å²) in [7, 11) is 0. The molecule has 94 valence electrons. The van der Waals surface area contributed by atoms with Crippen molar-refractivity contribution in [2.75, 3.05) is 0 Å². The monoisotopic (exact) mass is 252 g/mol. The Morgan fingerprint density at radius 1 is 1.41 bits per heavy atom. The zero-order valence-corrected chi connectivity index (χ0v) is 11.2. The first kappa shape index (κ1) is 12.8. The van der Waals surface area contributed by atoms with Gasteiger partial charge in [-0.05, 0) is 37.3 Å². The van der Waals surface area contributed by atoms with Crippen LogP contribution in [0.2, 0.25) is 5.02 Å². The van der Waals surface area contributed by atoms with Crippen LogP contribution in [0.5, 0.6) is 0 Å². The predicted octanol–water partition coefficient (Wildman–Crippen LogP) is 3.79. The van der Waals surface area contributed by atoms with Crippen LogP contribution in [0.4, 0.5) is 0 Å². The van der Waals surface area contributed by atoms with Crippen molar-refractivity contribution < 1.29 is 0 Å². The Morgan fingerprint density at radius 3 is 2.88 bits per heavy atom. The number of rotatable bonds is 4. The van der Waals surface area contributed by atoms with E-state index in [0.29, 0.717) is 6.04 Å². The highest BCUT2D eigenvalue weighted by molar-refractivity contribution is 6.31. The Balaban J connectivity index is 1.83. The third-order valence-corrected chi connectivity index (χ3v) is 4.17. The van der Waals surface area contributed by atoms with E-state index in [1.807, 2.05) is 6.07 Å². The number of nitrogens with zero attached hydrogens (tertiary/aromatic N) is 1. The van der Waals surface area contributed by atoms with Crippen molar-refractivity contribution in [1.29, 1.82) is 0 Å². The first-order chi connectivity index (χ1) is 8.27. The molecule has 1 saturated carbocycles. The Morgan fingerprint density at radius 2 is 2.18 bits per heavy atom. The lowest BCUT2D eigenvalue weighted by Crippen LogP contribution is -2.34. The molecule has 1 aliphatic rings. The van der Waals surface area contributed by atoms with Crippen molar-refractivity contribution in [3.8, 4) is 0 Å². The van der Waals surface area contributed by atoms with Crippen LogP contribution in [0.15, 0.2) is 18.5 Å². The molecule has 0 aromatic carbocycles. The molecule has 3 heteroatoms. The van der Waals surface area contributed by atoms with E-state index in [0.717, 1.165) is 23.0 Å². The van der Waals surface area contributed by atoms with Crippen molar-refractivity contribution in [2.45, 2.75) is 51.6 Å². The van der Waals surface area contributed by atoms with Crippen molar-refractivity contribution in [3.05, 3.63) is 29.0 Å². The fraction of sp³-hybridized carbons (Fsp3) is 0.643. The number of halogens is 1. The van der Waals surface area contributed by atoms with Gasteiger partial charge in [-0.1, -0.05) is 30.9 Å². The molecule has 0 spiro atoms. The summed E-state index contributed by atoms with van der Waals surface area (Å²) in [6.45, 7) is 3.14. The summed E-state index contributed by atoms with van der Waals surface area (Å²) in [5, 5.41) is 4.36. The topological polar surface area (TPSA) is 24.9 Å². The third kappa shape index (κ3) is 3.68. The van der Waals surface area contributed by atoms with Crippen LogP contribution in [-0.4, -0.2) is 11.0 Å². The first-order valence-corrected chi connectivity index (χ1v) is 6.97. The molecule has 0 saturated heterocycles. The lowest BCUT2D eigenvalue weighted by Gasteiger charge is -2.28. The molecule has 2 nitrogen and oxygen atoms in total. The molecule has 0 radical (unpaired) electrons. The van der Waals surface area contributed by atoms with Gasteiger partial charge in [-0.2, -0.15) is 0 Å². The van der Waals surface area contributed by atoms with Gasteiger partial charge in [0.15, 0.2) is 0 Å². The van der Waals surface area contributed by atoms with Crippen molar-refractivity contribution in [2.24, 2.45) is 5.92 Å². The highest BCUT2D eigenvalue weighted by atomic mass is 35.5. The molecule has 1 fully saturated rings. The maximum absolute atomic E-state index is 6.09. The third-order valence-electron chi connectivity index (χ3n) is 3.83. The van der Waals surface area contributed by atoms with Crippen LogP contribution in [0.3, 0.4) is 0 Å². The van der Waals surface area contributed by atoms with Gasteiger partial charge in [0, 0.05) is 25.0 Å². The largest absolute Gasteiger partial charge is 0.310 e. The quantitative estimate of drug-likeness (QED) is 0.882. The van der Waals surface area contributed by atoms with Gasteiger partial charge in [0.2, 0.25) is 0 Å². The van der Waals surface area contributed by atoms with Gasteiger partial charge in [-0.3, -0.25) is 4.98 Å². The molecule has 1 heterocycles. The molecule has 17 heavy (non-hydrogen) atoms. The maximum atomic E-state index is 6.09. The molecule has 0 unspecified atom stereocenters. The first-order valence-electron chi connectivity index (χ1n) is 6.59. The average Bonchev–Trinajstić information content (AvgIpc) is 2.38. The van der Waals surface area contributed by atoms with E-state index in [-0.39, 0.29) is 0 Å². The van der Waals surface area contributed by atoms with Gasteiger partial charge in [0.1, 0.15) is 0 Å². The summed E-state index contributed by atoms with van der Waals surface area (Å²) >= 11 is 6.09. The average molecular weight is 253 g/mol. The van der Waals surface area contributed by atoms with Gasteiger partial charge in [-0.25, -0.2) is 0 Å². The van der Waals surface area contributed by atoms with Crippen molar-refractivity contribution in [1.82, 2.24) is 10.3 Å². The second kappa shape index (κ2) is 6.36. The standard InChI is InChI=1S/C14H21ClN2/c1-11(12-5-3-2-4-6-12)17-9-13-7-8-16-10-14(13)15/h7-8,10-12,17H,2-6,9H2,1H3/t11-/m0/s1. The van der Waals surface area contributed by atoms with Crippen LogP contribution in [-0.2, 0) is 6.54 Å². The van der Waals surface area contributed by atoms with Crippen LogP contribution in [0.25, 0.3) is 0 Å². The summed E-state index contributed by atoms with van der Waals surface area (Å²) < 4.78 is 0. The maximum Gasteiger partial charge on any atom is 0.0634 e. The molecule has 1 atom stereocenters.